The van der Waals surface area contributed by atoms with Crippen molar-refractivity contribution >= 4 is 0 Å². The lowest BCUT2D eigenvalue weighted by Gasteiger charge is -2.26. The van der Waals surface area contributed by atoms with Crippen LogP contribution < -0.4 is 5.73 Å². The Bertz CT molecular complexity index is 419. The molecule has 3 rings (SSSR count). The summed E-state index contributed by atoms with van der Waals surface area (Å²) in [5.74, 6) is 2.03. The standard InChI is InChI=1S/C15H25N3O2/c16-11-15(7-3-1-2-4-8-15)14-17-13(18-20-14)12-5-9-19-10-6-12/h12H,1-11,16H2. The molecule has 0 spiro atoms. The molecule has 0 amide bonds. The van der Waals surface area contributed by atoms with E-state index in [1.165, 1.54) is 25.7 Å². The summed E-state index contributed by atoms with van der Waals surface area (Å²) in [7, 11) is 0. The van der Waals surface area contributed by atoms with Gasteiger partial charge in [-0.2, -0.15) is 4.98 Å². The molecule has 2 fully saturated rings. The van der Waals surface area contributed by atoms with Gasteiger partial charge in [-0.25, -0.2) is 0 Å². The molecular formula is C15H25N3O2. The molecule has 2 aliphatic rings. The van der Waals surface area contributed by atoms with Crippen LogP contribution in [0.25, 0.3) is 0 Å². The van der Waals surface area contributed by atoms with Gasteiger partial charge in [0.05, 0.1) is 5.41 Å². The minimum Gasteiger partial charge on any atom is -0.381 e. The van der Waals surface area contributed by atoms with Crippen molar-refractivity contribution in [3.63, 3.8) is 0 Å². The largest absolute Gasteiger partial charge is 0.381 e. The summed E-state index contributed by atoms with van der Waals surface area (Å²) in [5.41, 5.74) is 6.00. The molecule has 1 aliphatic carbocycles. The lowest BCUT2D eigenvalue weighted by Crippen LogP contribution is -2.35. The van der Waals surface area contributed by atoms with Crippen LogP contribution in [0.1, 0.15) is 69.0 Å². The van der Waals surface area contributed by atoms with Crippen molar-refractivity contribution < 1.29 is 9.26 Å². The smallest absolute Gasteiger partial charge is 0.234 e. The zero-order chi connectivity index (χ0) is 13.8. The first-order valence-corrected chi connectivity index (χ1v) is 7.96. The zero-order valence-corrected chi connectivity index (χ0v) is 12.1. The fourth-order valence-electron chi connectivity index (χ4n) is 3.48. The van der Waals surface area contributed by atoms with Gasteiger partial charge >= 0.3 is 0 Å². The number of nitrogens with two attached hydrogens (primary N) is 1. The Morgan fingerprint density at radius 3 is 2.45 bits per heavy atom. The summed E-state index contributed by atoms with van der Waals surface area (Å²) in [4.78, 5) is 4.73. The topological polar surface area (TPSA) is 74.2 Å². The molecular weight excluding hydrogens is 254 g/mol. The van der Waals surface area contributed by atoms with Gasteiger partial charge in [-0.3, -0.25) is 0 Å². The molecule has 1 aromatic rings. The highest BCUT2D eigenvalue weighted by Gasteiger charge is 2.37. The zero-order valence-electron chi connectivity index (χ0n) is 12.1. The number of ether oxygens (including phenoxy) is 1. The second kappa shape index (κ2) is 6.22. The van der Waals surface area contributed by atoms with Crippen LogP contribution in [-0.2, 0) is 10.2 Å². The van der Waals surface area contributed by atoms with Gasteiger partial charge in [-0.05, 0) is 25.7 Å². The number of rotatable bonds is 3. The maximum absolute atomic E-state index is 6.08. The fourth-order valence-corrected chi connectivity index (χ4v) is 3.48. The van der Waals surface area contributed by atoms with Crippen molar-refractivity contribution in [3.8, 4) is 0 Å². The van der Waals surface area contributed by atoms with E-state index >= 15 is 0 Å². The summed E-state index contributed by atoms with van der Waals surface area (Å²) >= 11 is 0. The van der Waals surface area contributed by atoms with Gasteiger partial charge in [-0.1, -0.05) is 30.8 Å². The Labute approximate surface area is 120 Å². The molecule has 1 saturated heterocycles. The number of hydrogen-bond acceptors (Lipinski definition) is 5. The first-order chi connectivity index (χ1) is 9.84. The molecule has 112 valence electrons. The highest BCUT2D eigenvalue weighted by molar-refractivity contribution is 5.09. The Kier molecular flexibility index (Phi) is 4.36. The summed E-state index contributed by atoms with van der Waals surface area (Å²) in [6, 6.07) is 0. The van der Waals surface area contributed by atoms with E-state index in [0.29, 0.717) is 12.5 Å². The molecule has 2 heterocycles. The number of aromatic nitrogens is 2. The molecule has 0 unspecified atom stereocenters. The Morgan fingerprint density at radius 1 is 1.10 bits per heavy atom. The number of hydrogen-bond donors (Lipinski definition) is 1. The van der Waals surface area contributed by atoms with Crippen LogP contribution in [0.15, 0.2) is 4.52 Å². The Hall–Kier alpha value is -0.940. The molecule has 1 saturated carbocycles. The van der Waals surface area contributed by atoms with E-state index < -0.39 is 0 Å². The highest BCUT2D eigenvalue weighted by Crippen LogP contribution is 2.37. The monoisotopic (exact) mass is 279 g/mol. The molecule has 0 radical (unpaired) electrons. The fraction of sp³-hybridized carbons (Fsp3) is 0.867. The molecule has 1 aromatic heterocycles. The quantitative estimate of drug-likeness (QED) is 0.860. The predicted octanol–water partition coefficient (Wildman–Crippen LogP) is 2.51. The van der Waals surface area contributed by atoms with Crippen LogP contribution >= 0.6 is 0 Å². The normalized spacial score (nSPS) is 24.4. The Morgan fingerprint density at radius 2 is 1.80 bits per heavy atom. The number of nitrogens with zero attached hydrogens (tertiary/aromatic N) is 2. The average molecular weight is 279 g/mol. The van der Waals surface area contributed by atoms with Crippen LogP contribution in [0.5, 0.6) is 0 Å². The third kappa shape index (κ3) is 2.74. The van der Waals surface area contributed by atoms with E-state index in [1.807, 2.05) is 0 Å². The van der Waals surface area contributed by atoms with E-state index in [1.54, 1.807) is 0 Å². The van der Waals surface area contributed by atoms with Crippen LogP contribution in [0.4, 0.5) is 0 Å². The molecule has 5 heteroatoms. The molecule has 0 aromatic carbocycles. The summed E-state index contributed by atoms with van der Waals surface area (Å²) < 4.78 is 11.0. The molecule has 0 atom stereocenters. The summed E-state index contributed by atoms with van der Waals surface area (Å²) in [6.07, 6.45) is 9.17. The van der Waals surface area contributed by atoms with Crippen molar-refractivity contribution in [2.75, 3.05) is 19.8 Å². The maximum Gasteiger partial charge on any atom is 0.234 e. The second-order valence-electron chi connectivity index (χ2n) is 6.24. The van der Waals surface area contributed by atoms with E-state index in [2.05, 4.69) is 5.16 Å². The molecule has 5 nitrogen and oxygen atoms in total. The minimum atomic E-state index is -0.0765. The van der Waals surface area contributed by atoms with Gasteiger partial charge in [0.1, 0.15) is 0 Å². The van der Waals surface area contributed by atoms with Crippen LogP contribution in [0, 0.1) is 0 Å². The predicted molar refractivity (Wildman–Crippen MR) is 75.5 cm³/mol. The third-order valence-corrected chi connectivity index (χ3v) is 4.93. The van der Waals surface area contributed by atoms with E-state index in [4.69, 9.17) is 20.0 Å². The molecule has 20 heavy (non-hydrogen) atoms. The maximum atomic E-state index is 6.08. The molecule has 2 N–H and O–H groups in total. The average Bonchev–Trinajstić information content (AvgIpc) is 2.88. The third-order valence-electron chi connectivity index (χ3n) is 4.93. The van der Waals surface area contributed by atoms with E-state index in [-0.39, 0.29) is 5.41 Å². The van der Waals surface area contributed by atoms with Crippen molar-refractivity contribution in [1.82, 2.24) is 10.1 Å². The molecule has 0 bridgehead atoms. The van der Waals surface area contributed by atoms with Crippen molar-refractivity contribution in [1.29, 1.82) is 0 Å². The van der Waals surface area contributed by atoms with Crippen LogP contribution in [-0.4, -0.2) is 29.9 Å². The lowest BCUT2D eigenvalue weighted by atomic mass is 9.80. The summed E-state index contributed by atoms with van der Waals surface area (Å²) in [5, 5.41) is 4.24. The van der Waals surface area contributed by atoms with Crippen molar-refractivity contribution in [2.45, 2.75) is 62.7 Å². The van der Waals surface area contributed by atoms with Crippen molar-refractivity contribution in [3.05, 3.63) is 11.7 Å². The second-order valence-corrected chi connectivity index (χ2v) is 6.24. The van der Waals surface area contributed by atoms with Gasteiger partial charge < -0.3 is 15.0 Å². The van der Waals surface area contributed by atoms with Gasteiger partial charge in [0, 0.05) is 25.7 Å². The van der Waals surface area contributed by atoms with Gasteiger partial charge in [-0.15, -0.1) is 0 Å². The van der Waals surface area contributed by atoms with Crippen molar-refractivity contribution in [2.24, 2.45) is 5.73 Å². The van der Waals surface area contributed by atoms with Crippen LogP contribution in [0.3, 0.4) is 0 Å². The molecule has 1 aliphatic heterocycles. The minimum absolute atomic E-state index is 0.0765. The van der Waals surface area contributed by atoms with E-state index in [0.717, 1.165) is 50.6 Å². The van der Waals surface area contributed by atoms with Gasteiger partial charge in [0.15, 0.2) is 5.82 Å². The first kappa shape index (κ1) is 14.0. The van der Waals surface area contributed by atoms with Crippen LogP contribution in [0.2, 0.25) is 0 Å². The highest BCUT2D eigenvalue weighted by atomic mass is 16.5. The Balaban J connectivity index is 1.79. The van der Waals surface area contributed by atoms with E-state index in [9.17, 15) is 0 Å². The SMILES string of the molecule is NCC1(c2nc(C3CCOCC3)no2)CCCCCC1. The first-order valence-electron chi connectivity index (χ1n) is 7.96. The summed E-state index contributed by atoms with van der Waals surface area (Å²) in [6.45, 7) is 2.22. The van der Waals surface area contributed by atoms with Gasteiger partial charge in [0.25, 0.3) is 0 Å². The lowest BCUT2D eigenvalue weighted by molar-refractivity contribution is 0.0830. The van der Waals surface area contributed by atoms with Gasteiger partial charge in [0.2, 0.25) is 5.89 Å².